The molecule has 2 aromatic rings. The topological polar surface area (TPSA) is 54.9 Å². The quantitative estimate of drug-likeness (QED) is 0.861. The second-order valence-corrected chi connectivity index (χ2v) is 8.22. The Morgan fingerprint density at radius 3 is 2.67 bits per heavy atom. The molecule has 1 aromatic heterocycles. The summed E-state index contributed by atoms with van der Waals surface area (Å²) in [6.45, 7) is 11.0. The maximum atomic E-state index is 13.0. The molecule has 1 aromatic carbocycles. The Labute approximate surface area is 146 Å². The summed E-state index contributed by atoms with van der Waals surface area (Å²) in [5, 5.41) is 2.87. The normalized spacial score (nSPS) is 16.0. The molecule has 1 aliphatic rings. The molecule has 0 atom stereocenters. The fraction of sp³-hybridized carbons (Fsp3) is 0.474. The average molecular weight is 344 g/mol. The maximum absolute atomic E-state index is 13.0. The average Bonchev–Trinajstić information content (AvgIpc) is 2.90. The molecule has 0 amide bonds. The van der Waals surface area contributed by atoms with Gasteiger partial charge < -0.3 is 5.10 Å². The molecule has 0 spiro atoms. The lowest BCUT2D eigenvalue weighted by Gasteiger charge is -2.35. The van der Waals surface area contributed by atoms with Crippen molar-refractivity contribution >= 4 is 17.5 Å². The van der Waals surface area contributed by atoms with Crippen LogP contribution in [0.5, 0.6) is 0 Å². The van der Waals surface area contributed by atoms with E-state index in [4.69, 9.17) is 0 Å². The van der Waals surface area contributed by atoms with Gasteiger partial charge in [-0.25, -0.2) is 0 Å². The molecule has 4 nitrogen and oxygen atoms in total. The molecule has 0 aliphatic carbocycles. The van der Waals surface area contributed by atoms with E-state index in [-0.39, 0.29) is 22.3 Å². The van der Waals surface area contributed by atoms with Gasteiger partial charge in [0.05, 0.1) is 0 Å². The van der Waals surface area contributed by atoms with Crippen molar-refractivity contribution in [3.8, 4) is 0 Å². The smallest absolute Gasteiger partial charge is 0.277 e. The third-order valence-corrected chi connectivity index (χ3v) is 6.24. The highest BCUT2D eigenvalue weighted by Gasteiger charge is 2.33. The second kappa shape index (κ2) is 5.96. The first kappa shape index (κ1) is 17.1. The van der Waals surface area contributed by atoms with Crippen molar-refractivity contribution < 1.29 is 4.79 Å². The van der Waals surface area contributed by atoms with Gasteiger partial charge in [-0.1, -0.05) is 13.8 Å². The van der Waals surface area contributed by atoms with Gasteiger partial charge in [0, 0.05) is 23.2 Å². The molecule has 0 bridgehead atoms. The number of aromatic amines is 1. The summed E-state index contributed by atoms with van der Waals surface area (Å²) in [7, 11) is 0. The Hall–Kier alpha value is -1.75. The van der Waals surface area contributed by atoms with Crippen molar-refractivity contribution in [1.29, 1.82) is 0 Å². The number of rotatable bonds is 3. The number of hydrogen-bond acceptors (Lipinski definition) is 3. The predicted octanol–water partition coefficient (Wildman–Crippen LogP) is 3.82. The number of nitrogens with zero attached hydrogens (tertiary/aromatic N) is 1. The zero-order valence-electron chi connectivity index (χ0n) is 14.9. The van der Waals surface area contributed by atoms with Crippen LogP contribution in [0.4, 0.5) is 0 Å². The molecule has 0 radical (unpaired) electrons. The number of aryl methyl sites for hydroxylation is 2. The van der Waals surface area contributed by atoms with Crippen LogP contribution in [-0.2, 0) is 12.0 Å². The minimum Gasteiger partial charge on any atom is -0.302 e. The first-order valence-electron chi connectivity index (χ1n) is 8.38. The maximum Gasteiger partial charge on any atom is 0.277 e. The third-order valence-electron chi connectivity index (χ3n) is 5.02. The van der Waals surface area contributed by atoms with Crippen molar-refractivity contribution in [2.24, 2.45) is 0 Å². The van der Waals surface area contributed by atoms with E-state index >= 15 is 0 Å². The number of benzene rings is 1. The summed E-state index contributed by atoms with van der Waals surface area (Å²) in [4.78, 5) is 26.7. The highest BCUT2D eigenvalue weighted by molar-refractivity contribution is 7.99. The van der Waals surface area contributed by atoms with Gasteiger partial charge in [0.2, 0.25) is 0 Å². The van der Waals surface area contributed by atoms with Crippen LogP contribution in [-0.4, -0.2) is 21.3 Å². The van der Waals surface area contributed by atoms with Gasteiger partial charge in [-0.05, 0) is 61.1 Å². The molecule has 5 heteroatoms. The molecule has 2 heterocycles. The van der Waals surface area contributed by atoms with E-state index in [1.54, 1.807) is 0 Å². The van der Waals surface area contributed by atoms with Crippen LogP contribution in [0.25, 0.3) is 0 Å². The van der Waals surface area contributed by atoms with Crippen molar-refractivity contribution in [3.05, 3.63) is 50.4 Å². The van der Waals surface area contributed by atoms with E-state index in [0.29, 0.717) is 12.1 Å². The fourth-order valence-corrected chi connectivity index (χ4v) is 5.29. The Morgan fingerprint density at radius 1 is 1.33 bits per heavy atom. The standard InChI is InChI=1S/C19H24N2O2S/c1-6-21-18(23)14(10-20-21)16(22)13-9-11(2)17-15(12(13)3)19(4,5)7-8-24-17/h9-10,20H,6-8H2,1-5H3. The molecule has 0 unspecified atom stereocenters. The molecular weight excluding hydrogens is 320 g/mol. The first-order chi connectivity index (χ1) is 11.3. The minimum absolute atomic E-state index is 0.0491. The van der Waals surface area contributed by atoms with Crippen LogP contribution >= 0.6 is 11.8 Å². The Bertz CT molecular complexity index is 874. The van der Waals surface area contributed by atoms with Crippen LogP contribution in [0.3, 0.4) is 0 Å². The fourth-order valence-electron chi connectivity index (χ4n) is 3.61. The molecular formula is C19H24N2O2S. The van der Waals surface area contributed by atoms with Gasteiger partial charge in [0.15, 0.2) is 5.78 Å². The SMILES string of the molecule is CCn1[nH]cc(C(=O)c2cc(C)c3c(c2C)C(C)(C)CCS3)c1=O. The minimum atomic E-state index is -0.245. The number of thioether (sulfide) groups is 1. The van der Waals surface area contributed by atoms with E-state index in [1.165, 1.54) is 21.3 Å². The van der Waals surface area contributed by atoms with E-state index < -0.39 is 0 Å². The van der Waals surface area contributed by atoms with E-state index in [2.05, 4.69) is 25.9 Å². The Kier molecular flexibility index (Phi) is 4.24. The summed E-state index contributed by atoms with van der Waals surface area (Å²) in [6, 6.07) is 1.95. The highest BCUT2D eigenvalue weighted by atomic mass is 32.2. The number of hydrogen-bond donors (Lipinski definition) is 1. The molecule has 1 aliphatic heterocycles. The molecule has 0 saturated heterocycles. The molecule has 128 valence electrons. The predicted molar refractivity (Wildman–Crippen MR) is 98.4 cm³/mol. The monoisotopic (exact) mass is 344 g/mol. The summed E-state index contributed by atoms with van der Waals surface area (Å²) in [5.41, 5.74) is 4.10. The molecule has 0 fully saturated rings. The Morgan fingerprint density at radius 2 is 2.04 bits per heavy atom. The van der Waals surface area contributed by atoms with Crippen molar-refractivity contribution in [2.75, 3.05) is 5.75 Å². The van der Waals surface area contributed by atoms with Crippen molar-refractivity contribution in [1.82, 2.24) is 9.78 Å². The van der Waals surface area contributed by atoms with Gasteiger partial charge in [-0.2, -0.15) is 0 Å². The number of ketones is 1. The van der Waals surface area contributed by atoms with Crippen LogP contribution < -0.4 is 5.56 Å². The summed E-state index contributed by atoms with van der Waals surface area (Å²) in [5.74, 6) is 0.922. The number of carbonyl (C=O) groups is 1. The molecule has 3 rings (SSSR count). The number of H-pyrrole nitrogens is 1. The number of carbonyl (C=O) groups excluding carboxylic acids is 1. The molecule has 24 heavy (non-hydrogen) atoms. The van der Waals surface area contributed by atoms with Gasteiger partial charge in [0.1, 0.15) is 5.56 Å². The lowest BCUT2D eigenvalue weighted by molar-refractivity contribution is 0.103. The van der Waals surface area contributed by atoms with Crippen molar-refractivity contribution in [3.63, 3.8) is 0 Å². The second-order valence-electron chi connectivity index (χ2n) is 7.12. The number of fused-ring (bicyclic) bond motifs is 1. The van der Waals surface area contributed by atoms with Crippen LogP contribution in [0.1, 0.15) is 59.8 Å². The summed E-state index contributed by atoms with van der Waals surface area (Å²) < 4.78 is 1.45. The van der Waals surface area contributed by atoms with E-state index in [1.807, 2.05) is 31.7 Å². The van der Waals surface area contributed by atoms with Crippen LogP contribution in [0.15, 0.2) is 22.0 Å². The zero-order chi connectivity index (χ0) is 17.6. The summed E-state index contributed by atoms with van der Waals surface area (Å²) in [6.07, 6.45) is 2.62. The van der Waals surface area contributed by atoms with E-state index in [0.717, 1.165) is 23.3 Å². The zero-order valence-corrected chi connectivity index (χ0v) is 15.8. The van der Waals surface area contributed by atoms with Gasteiger partial charge in [-0.15, -0.1) is 11.8 Å². The van der Waals surface area contributed by atoms with Crippen LogP contribution in [0.2, 0.25) is 0 Å². The third kappa shape index (κ3) is 2.55. The van der Waals surface area contributed by atoms with Gasteiger partial charge in [0.25, 0.3) is 5.56 Å². The van der Waals surface area contributed by atoms with Gasteiger partial charge >= 0.3 is 0 Å². The molecule has 1 N–H and O–H groups in total. The van der Waals surface area contributed by atoms with E-state index in [9.17, 15) is 9.59 Å². The number of aromatic nitrogens is 2. The lowest BCUT2D eigenvalue weighted by atomic mass is 9.77. The molecule has 0 saturated carbocycles. The highest BCUT2D eigenvalue weighted by Crippen LogP contribution is 2.45. The Balaban J connectivity index is 2.19. The first-order valence-corrected chi connectivity index (χ1v) is 9.37. The van der Waals surface area contributed by atoms with Crippen molar-refractivity contribution in [2.45, 2.75) is 57.9 Å². The van der Waals surface area contributed by atoms with Crippen LogP contribution in [0, 0.1) is 13.8 Å². The largest absolute Gasteiger partial charge is 0.302 e. The van der Waals surface area contributed by atoms with Gasteiger partial charge in [-0.3, -0.25) is 14.3 Å². The summed E-state index contributed by atoms with van der Waals surface area (Å²) >= 11 is 1.88. The lowest BCUT2D eigenvalue weighted by Crippen LogP contribution is -2.27. The number of nitrogens with one attached hydrogen (secondary N) is 1.